The summed E-state index contributed by atoms with van der Waals surface area (Å²) in [4.78, 5) is 2.32. The highest BCUT2D eigenvalue weighted by Crippen LogP contribution is 2.20. The molecule has 1 aliphatic rings. The lowest BCUT2D eigenvalue weighted by molar-refractivity contribution is 0.415. The van der Waals surface area contributed by atoms with Gasteiger partial charge in [-0.15, -0.1) is 0 Å². The fourth-order valence-corrected chi connectivity index (χ4v) is 2.20. The largest absolute Gasteiger partial charge is 0.497 e. The third kappa shape index (κ3) is 2.67. The van der Waals surface area contributed by atoms with Crippen molar-refractivity contribution in [2.45, 2.75) is 6.42 Å². The van der Waals surface area contributed by atoms with Crippen molar-refractivity contribution in [3.05, 3.63) is 24.3 Å². The summed E-state index contributed by atoms with van der Waals surface area (Å²) in [6.45, 7) is 3.45. The van der Waals surface area contributed by atoms with Crippen LogP contribution in [0.3, 0.4) is 0 Å². The van der Waals surface area contributed by atoms with E-state index < -0.39 is 0 Å². The molecule has 1 saturated heterocycles. The van der Waals surface area contributed by atoms with Crippen LogP contribution in [0.1, 0.15) is 6.42 Å². The number of nitrogens with zero attached hydrogens (tertiary/aromatic N) is 1. The molecule has 1 N–H and O–H groups in total. The topological polar surface area (TPSA) is 24.5 Å². The van der Waals surface area contributed by atoms with E-state index in [9.17, 15) is 0 Å². The molecule has 16 heavy (non-hydrogen) atoms. The van der Waals surface area contributed by atoms with Gasteiger partial charge in [0.2, 0.25) is 0 Å². The average molecular weight is 220 g/mol. The monoisotopic (exact) mass is 220 g/mol. The van der Waals surface area contributed by atoms with E-state index in [0.29, 0.717) is 0 Å². The highest BCUT2D eigenvalue weighted by atomic mass is 16.5. The lowest BCUT2D eigenvalue weighted by atomic mass is 10.1. The third-order valence-electron chi connectivity index (χ3n) is 3.21. The SMILES string of the molecule is COc1ccc(N(C)CC2CCNC2)cc1. The van der Waals surface area contributed by atoms with Gasteiger partial charge in [-0.1, -0.05) is 0 Å². The zero-order valence-electron chi connectivity index (χ0n) is 10.1. The summed E-state index contributed by atoms with van der Waals surface area (Å²) in [6.07, 6.45) is 1.29. The van der Waals surface area contributed by atoms with Crippen LogP contribution in [0.25, 0.3) is 0 Å². The predicted octanol–water partition coefficient (Wildman–Crippen LogP) is 1.74. The molecule has 1 heterocycles. The van der Waals surface area contributed by atoms with Crippen LogP contribution in [-0.2, 0) is 0 Å². The lowest BCUT2D eigenvalue weighted by Gasteiger charge is -2.22. The van der Waals surface area contributed by atoms with Gasteiger partial charge < -0.3 is 15.0 Å². The van der Waals surface area contributed by atoms with Crippen molar-refractivity contribution >= 4 is 5.69 Å². The minimum atomic E-state index is 0.784. The van der Waals surface area contributed by atoms with Crippen LogP contribution in [0.2, 0.25) is 0 Å². The Kier molecular flexibility index (Phi) is 3.67. The molecule has 88 valence electrons. The molecule has 0 radical (unpaired) electrons. The van der Waals surface area contributed by atoms with Crippen LogP contribution in [0.5, 0.6) is 5.75 Å². The zero-order chi connectivity index (χ0) is 11.4. The molecule has 1 unspecified atom stereocenters. The summed E-state index contributed by atoms with van der Waals surface area (Å²) in [5.74, 6) is 1.70. The highest BCUT2D eigenvalue weighted by molar-refractivity contribution is 5.48. The Morgan fingerprint density at radius 1 is 1.38 bits per heavy atom. The minimum Gasteiger partial charge on any atom is -0.497 e. The Balaban J connectivity index is 1.94. The number of ether oxygens (including phenoxy) is 1. The average Bonchev–Trinajstić information content (AvgIpc) is 2.82. The first kappa shape index (κ1) is 11.3. The van der Waals surface area contributed by atoms with E-state index >= 15 is 0 Å². The lowest BCUT2D eigenvalue weighted by Crippen LogP contribution is -2.26. The van der Waals surface area contributed by atoms with Gasteiger partial charge in [-0.3, -0.25) is 0 Å². The fourth-order valence-electron chi connectivity index (χ4n) is 2.20. The van der Waals surface area contributed by atoms with Crippen LogP contribution < -0.4 is 15.0 Å². The smallest absolute Gasteiger partial charge is 0.119 e. The first-order valence-corrected chi connectivity index (χ1v) is 5.85. The Labute approximate surface area is 97.4 Å². The maximum absolute atomic E-state index is 5.15. The number of nitrogens with one attached hydrogen (secondary N) is 1. The van der Waals surface area contributed by atoms with Crippen molar-refractivity contribution < 1.29 is 4.74 Å². The first-order chi connectivity index (χ1) is 7.79. The van der Waals surface area contributed by atoms with Gasteiger partial charge in [0.25, 0.3) is 0 Å². The fraction of sp³-hybridized carbons (Fsp3) is 0.538. The van der Waals surface area contributed by atoms with Crippen molar-refractivity contribution in [2.75, 3.05) is 38.7 Å². The summed E-state index contributed by atoms with van der Waals surface area (Å²) in [5.41, 5.74) is 1.26. The maximum atomic E-state index is 5.15. The Morgan fingerprint density at radius 3 is 2.69 bits per heavy atom. The minimum absolute atomic E-state index is 0.784. The van der Waals surface area contributed by atoms with Gasteiger partial charge in [-0.2, -0.15) is 0 Å². The number of hydrogen-bond acceptors (Lipinski definition) is 3. The summed E-state index contributed by atoms with van der Waals surface area (Å²) >= 11 is 0. The molecule has 2 rings (SSSR count). The van der Waals surface area contributed by atoms with Gasteiger partial charge in [0.15, 0.2) is 0 Å². The van der Waals surface area contributed by atoms with Crippen molar-refractivity contribution in [3.63, 3.8) is 0 Å². The molecule has 0 aromatic heterocycles. The Hall–Kier alpha value is -1.22. The number of hydrogen-bond donors (Lipinski definition) is 1. The van der Waals surface area contributed by atoms with Crippen LogP contribution in [-0.4, -0.2) is 33.8 Å². The number of anilines is 1. The first-order valence-electron chi connectivity index (χ1n) is 5.85. The van der Waals surface area contributed by atoms with E-state index in [1.54, 1.807) is 7.11 Å². The summed E-state index contributed by atoms with van der Waals surface area (Å²) in [7, 11) is 3.85. The van der Waals surface area contributed by atoms with Crippen molar-refractivity contribution in [1.82, 2.24) is 5.32 Å². The molecular weight excluding hydrogens is 200 g/mol. The molecule has 1 fully saturated rings. The van der Waals surface area contributed by atoms with Gasteiger partial charge >= 0.3 is 0 Å². The van der Waals surface area contributed by atoms with E-state index in [1.807, 2.05) is 12.1 Å². The third-order valence-corrected chi connectivity index (χ3v) is 3.21. The van der Waals surface area contributed by atoms with Crippen molar-refractivity contribution in [3.8, 4) is 5.75 Å². The molecule has 1 aliphatic heterocycles. The molecule has 0 aliphatic carbocycles. The Morgan fingerprint density at radius 2 is 2.12 bits per heavy atom. The van der Waals surface area contributed by atoms with Crippen molar-refractivity contribution in [2.24, 2.45) is 5.92 Å². The molecule has 0 saturated carbocycles. The quantitative estimate of drug-likeness (QED) is 0.836. The zero-order valence-corrected chi connectivity index (χ0v) is 10.1. The maximum Gasteiger partial charge on any atom is 0.119 e. The van der Waals surface area contributed by atoms with Crippen molar-refractivity contribution in [1.29, 1.82) is 0 Å². The van der Waals surface area contributed by atoms with Gasteiger partial charge in [0.05, 0.1) is 7.11 Å². The molecule has 1 aromatic rings. The summed E-state index contributed by atoms with van der Waals surface area (Å²) in [6, 6.07) is 8.25. The van der Waals surface area contributed by atoms with Gasteiger partial charge in [-0.25, -0.2) is 0 Å². The molecule has 3 nitrogen and oxygen atoms in total. The van der Waals surface area contributed by atoms with Crippen LogP contribution in [0.15, 0.2) is 24.3 Å². The van der Waals surface area contributed by atoms with Gasteiger partial charge in [-0.05, 0) is 49.7 Å². The van der Waals surface area contributed by atoms with E-state index in [2.05, 4.69) is 29.4 Å². The normalized spacial score (nSPS) is 19.8. The van der Waals surface area contributed by atoms with E-state index in [-0.39, 0.29) is 0 Å². The molecule has 0 amide bonds. The van der Waals surface area contributed by atoms with E-state index in [1.165, 1.54) is 18.7 Å². The second kappa shape index (κ2) is 5.21. The highest BCUT2D eigenvalue weighted by Gasteiger charge is 2.16. The molecule has 1 atom stereocenters. The van der Waals surface area contributed by atoms with Gasteiger partial charge in [0, 0.05) is 19.3 Å². The van der Waals surface area contributed by atoms with Crippen LogP contribution in [0, 0.1) is 5.92 Å². The molecule has 0 bridgehead atoms. The standard InChI is InChI=1S/C13H20N2O/c1-15(10-11-7-8-14-9-11)12-3-5-13(16-2)6-4-12/h3-6,11,14H,7-10H2,1-2H3. The number of rotatable bonds is 4. The van der Waals surface area contributed by atoms with Crippen LogP contribution in [0.4, 0.5) is 5.69 Å². The number of methoxy groups -OCH3 is 1. The second-order valence-corrected chi connectivity index (χ2v) is 4.44. The van der Waals surface area contributed by atoms with E-state index in [0.717, 1.165) is 24.8 Å². The molecular formula is C13H20N2O. The summed E-state index contributed by atoms with van der Waals surface area (Å²) < 4.78 is 5.15. The second-order valence-electron chi connectivity index (χ2n) is 4.44. The number of benzene rings is 1. The van der Waals surface area contributed by atoms with Gasteiger partial charge in [0.1, 0.15) is 5.75 Å². The molecule has 1 aromatic carbocycles. The predicted molar refractivity (Wildman–Crippen MR) is 67.2 cm³/mol. The molecule has 0 spiro atoms. The van der Waals surface area contributed by atoms with Crippen LogP contribution >= 0.6 is 0 Å². The Bertz CT molecular complexity index is 317. The van der Waals surface area contributed by atoms with E-state index in [4.69, 9.17) is 4.74 Å². The summed E-state index contributed by atoms with van der Waals surface area (Å²) in [5, 5.41) is 3.40. The molecule has 3 heteroatoms.